The van der Waals surface area contributed by atoms with Crippen molar-refractivity contribution in [3.63, 3.8) is 0 Å². The monoisotopic (exact) mass is 166 g/mol. The van der Waals surface area contributed by atoms with E-state index in [0.29, 0.717) is 11.1 Å². The van der Waals surface area contributed by atoms with E-state index in [9.17, 15) is 8.78 Å². The quantitative estimate of drug-likeness (QED) is 0.555. The molecule has 62 valence electrons. The van der Waals surface area contributed by atoms with Gasteiger partial charge in [-0.3, -0.25) is 0 Å². The Morgan fingerprint density at radius 3 is 2.50 bits per heavy atom. The van der Waals surface area contributed by atoms with Gasteiger partial charge in [-0.05, 0) is 12.1 Å². The van der Waals surface area contributed by atoms with Crippen molar-refractivity contribution in [1.82, 2.24) is 0 Å². The maximum absolute atomic E-state index is 13.1. The SMILES string of the molecule is CC1C=Cc2c(F)ccc(F)c21. The maximum atomic E-state index is 13.1. The van der Waals surface area contributed by atoms with Gasteiger partial charge in [0, 0.05) is 17.0 Å². The molecule has 0 bridgehead atoms. The van der Waals surface area contributed by atoms with Crippen LogP contribution in [-0.2, 0) is 0 Å². The van der Waals surface area contributed by atoms with E-state index >= 15 is 0 Å². The highest BCUT2D eigenvalue weighted by Gasteiger charge is 2.20. The fourth-order valence-corrected chi connectivity index (χ4v) is 1.55. The van der Waals surface area contributed by atoms with E-state index in [1.165, 1.54) is 6.07 Å². The zero-order valence-corrected chi connectivity index (χ0v) is 6.64. The summed E-state index contributed by atoms with van der Waals surface area (Å²) in [4.78, 5) is 0. The van der Waals surface area contributed by atoms with Gasteiger partial charge in [0.2, 0.25) is 0 Å². The van der Waals surface area contributed by atoms with Crippen LogP contribution in [0.25, 0.3) is 6.08 Å². The van der Waals surface area contributed by atoms with Crippen LogP contribution in [0.3, 0.4) is 0 Å². The van der Waals surface area contributed by atoms with Gasteiger partial charge in [0.15, 0.2) is 0 Å². The van der Waals surface area contributed by atoms with E-state index in [1.54, 1.807) is 12.2 Å². The van der Waals surface area contributed by atoms with Crippen molar-refractivity contribution in [3.05, 3.63) is 41.0 Å². The maximum Gasteiger partial charge on any atom is 0.130 e. The van der Waals surface area contributed by atoms with Crippen molar-refractivity contribution in [3.8, 4) is 0 Å². The first-order valence-corrected chi connectivity index (χ1v) is 3.86. The molecule has 0 saturated heterocycles. The summed E-state index contributed by atoms with van der Waals surface area (Å²) in [6.07, 6.45) is 3.44. The molecule has 12 heavy (non-hydrogen) atoms. The standard InChI is InChI=1S/C10H8F2/c1-6-2-3-7-8(11)4-5-9(12)10(6)7/h2-6H,1H3. The Bertz CT molecular complexity index is 353. The second kappa shape index (κ2) is 2.41. The number of halogens is 2. The number of rotatable bonds is 0. The van der Waals surface area contributed by atoms with Gasteiger partial charge in [-0.15, -0.1) is 0 Å². The highest BCUT2D eigenvalue weighted by atomic mass is 19.1. The van der Waals surface area contributed by atoms with Gasteiger partial charge >= 0.3 is 0 Å². The van der Waals surface area contributed by atoms with Crippen molar-refractivity contribution in [1.29, 1.82) is 0 Å². The van der Waals surface area contributed by atoms with Crippen LogP contribution in [0.15, 0.2) is 18.2 Å². The van der Waals surface area contributed by atoms with Gasteiger partial charge in [-0.1, -0.05) is 19.1 Å². The van der Waals surface area contributed by atoms with Crippen LogP contribution in [0.1, 0.15) is 24.0 Å². The molecule has 1 atom stereocenters. The number of benzene rings is 1. The van der Waals surface area contributed by atoms with Crippen LogP contribution < -0.4 is 0 Å². The molecule has 0 nitrogen and oxygen atoms in total. The van der Waals surface area contributed by atoms with E-state index in [1.807, 2.05) is 6.92 Å². The van der Waals surface area contributed by atoms with Gasteiger partial charge in [-0.25, -0.2) is 8.78 Å². The van der Waals surface area contributed by atoms with E-state index in [4.69, 9.17) is 0 Å². The average Bonchev–Trinajstić information content (AvgIpc) is 2.42. The third-order valence-corrected chi connectivity index (χ3v) is 2.19. The molecule has 0 N–H and O–H groups in total. The zero-order chi connectivity index (χ0) is 8.72. The summed E-state index contributed by atoms with van der Waals surface area (Å²) >= 11 is 0. The molecule has 0 radical (unpaired) electrons. The minimum atomic E-state index is -0.341. The number of hydrogen-bond donors (Lipinski definition) is 0. The third kappa shape index (κ3) is 0.876. The Kier molecular flexibility index (Phi) is 1.50. The molecule has 1 aromatic rings. The van der Waals surface area contributed by atoms with Crippen molar-refractivity contribution >= 4 is 6.08 Å². The topological polar surface area (TPSA) is 0 Å². The first-order chi connectivity index (χ1) is 5.70. The Balaban J connectivity index is 2.71. The minimum Gasteiger partial charge on any atom is -0.207 e. The number of allylic oxidation sites excluding steroid dienone is 1. The lowest BCUT2D eigenvalue weighted by molar-refractivity contribution is 0.582. The molecule has 1 unspecified atom stereocenters. The lowest BCUT2D eigenvalue weighted by atomic mass is 10.0. The van der Waals surface area contributed by atoms with Crippen LogP contribution in [0.4, 0.5) is 8.78 Å². The van der Waals surface area contributed by atoms with Crippen molar-refractivity contribution in [2.45, 2.75) is 12.8 Å². The summed E-state index contributed by atoms with van der Waals surface area (Å²) in [6, 6.07) is 2.34. The van der Waals surface area contributed by atoms with Crippen LogP contribution in [0.2, 0.25) is 0 Å². The molecule has 1 aromatic carbocycles. The normalized spacial score (nSPS) is 19.8. The fourth-order valence-electron chi connectivity index (χ4n) is 1.55. The van der Waals surface area contributed by atoms with Gasteiger partial charge in [0.25, 0.3) is 0 Å². The summed E-state index contributed by atoms with van der Waals surface area (Å²) in [7, 11) is 0. The fraction of sp³-hybridized carbons (Fsp3) is 0.200. The molecule has 0 amide bonds. The van der Waals surface area contributed by atoms with Crippen LogP contribution in [0, 0.1) is 11.6 Å². The predicted octanol–water partition coefficient (Wildman–Crippen LogP) is 3.10. The lowest BCUT2D eigenvalue weighted by Gasteiger charge is -2.05. The highest BCUT2D eigenvalue weighted by Crippen LogP contribution is 2.33. The molecule has 2 heteroatoms. The molecule has 0 saturated carbocycles. The molecular weight excluding hydrogens is 158 g/mol. The van der Waals surface area contributed by atoms with Crippen molar-refractivity contribution < 1.29 is 8.78 Å². The highest BCUT2D eigenvalue weighted by molar-refractivity contribution is 5.62. The largest absolute Gasteiger partial charge is 0.207 e. The summed E-state index contributed by atoms with van der Waals surface area (Å²) in [5, 5.41) is 0. The number of hydrogen-bond acceptors (Lipinski definition) is 0. The van der Waals surface area contributed by atoms with Crippen LogP contribution in [0.5, 0.6) is 0 Å². The first-order valence-electron chi connectivity index (χ1n) is 3.86. The van der Waals surface area contributed by atoms with E-state index in [0.717, 1.165) is 6.07 Å². The molecule has 2 rings (SSSR count). The second-order valence-corrected chi connectivity index (χ2v) is 3.00. The molecule has 1 aliphatic carbocycles. The Morgan fingerprint density at radius 2 is 1.83 bits per heavy atom. The first kappa shape index (κ1) is 7.47. The van der Waals surface area contributed by atoms with Gasteiger partial charge < -0.3 is 0 Å². The van der Waals surface area contributed by atoms with Crippen molar-refractivity contribution in [2.24, 2.45) is 0 Å². The molecule has 0 aromatic heterocycles. The molecule has 0 heterocycles. The molecular formula is C10H8F2. The predicted molar refractivity (Wildman–Crippen MR) is 43.8 cm³/mol. The summed E-state index contributed by atoms with van der Waals surface area (Å²) in [5.41, 5.74) is 0.887. The van der Waals surface area contributed by atoms with Crippen LogP contribution in [-0.4, -0.2) is 0 Å². The Hall–Kier alpha value is -1.18. The minimum absolute atomic E-state index is 0.00398. The molecule has 0 spiro atoms. The number of fused-ring (bicyclic) bond motifs is 1. The summed E-state index contributed by atoms with van der Waals surface area (Å²) in [6.45, 7) is 1.85. The Morgan fingerprint density at radius 1 is 1.17 bits per heavy atom. The molecule has 0 fully saturated rings. The van der Waals surface area contributed by atoms with E-state index < -0.39 is 0 Å². The zero-order valence-electron chi connectivity index (χ0n) is 6.64. The Labute approximate surface area is 69.5 Å². The van der Waals surface area contributed by atoms with Crippen molar-refractivity contribution in [2.75, 3.05) is 0 Å². The summed E-state index contributed by atoms with van der Waals surface area (Å²) < 4.78 is 26.1. The summed E-state index contributed by atoms with van der Waals surface area (Å²) in [5.74, 6) is -0.661. The second-order valence-electron chi connectivity index (χ2n) is 3.00. The van der Waals surface area contributed by atoms with Gasteiger partial charge in [0.1, 0.15) is 11.6 Å². The van der Waals surface area contributed by atoms with E-state index in [2.05, 4.69) is 0 Å². The molecule has 0 aliphatic heterocycles. The van der Waals surface area contributed by atoms with Gasteiger partial charge in [0.05, 0.1) is 0 Å². The van der Waals surface area contributed by atoms with E-state index in [-0.39, 0.29) is 17.6 Å². The molecule has 1 aliphatic rings. The third-order valence-electron chi connectivity index (χ3n) is 2.19. The van der Waals surface area contributed by atoms with Gasteiger partial charge in [-0.2, -0.15) is 0 Å². The lowest BCUT2D eigenvalue weighted by Crippen LogP contribution is -1.95. The average molecular weight is 166 g/mol. The van der Waals surface area contributed by atoms with Crippen LogP contribution >= 0.6 is 0 Å². The smallest absolute Gasteiger partial charge is 0.130 e.